The molecule has 2 heterocycles. The van der Waals surface area contributed by atoms with Gasteiger partial charge in [-0.25, -0.2) is 0 Å². The minimum Gasteiger partial charge on any atom is -0.384 e. The molecule has 1 saturated carbocycles. The van der Waals surface area contributed by atoms with Crippen LogP contribution >= 0.6 is 11.6 Å². The summed E-state index contributed by atoms with van der Waals surface area (Å²) in [4.78, 5) is 5.14. The smallest absolute Gasteiger partial charge is 0.0857 e. The van der Waals surface area contributed by atoms with Crippen molar-refractivity contribution in [1.82, 2.24) is 0 Å². The Hall–Kier alpha value is -1.10. The molecular formula is C19H25ClN2O2. The van der Waals surface area contributed by atoms with E-state index in [1.807, 2.05) is 12.1 Å². The van der Waals surface area contributed by atoms with Crippen LogP contribution in [0.15, 0.2) is 23.2 Å². The molecule has 4 nitrogen and oxygen atoms in total. The number of rotatable bonds is 1. The molecule has 1 aromatic carbocycles. The number of aliphatic imine (C=N–C) groups is 1. The van der Waals surface area contributed by atoms with Gasteiger partial charge in [0.2, 0.25) is 0 Å². The minimum atomic E-state index is 0.207. The second-order valence-corrected chi connectivity index (χ2v) is 7.37. The fourth-order valence-electron chi connectivity index (χ4n) is 3.97. The number of anilines is 1. The van der Waals surface area contributed by atoms with Crippen LogP contribution in [-0.2, 0) is 9.47 Å². The molecule has 1 saturated heterocycles. The zero-order valence-electron chi connectivity index (χ0n) is 14.0. The first-order valence-corrected chi connectivity index (χ1v) is 9.51. The molecule has 0 amide bonds. The summed E-state index contributed by atoms with van der Waals surface area (Å²) in [6.45, 7) is 2.63. The molecule has 1 aliphatic carbocycles. The summed E-state index contributed by atoms with van der Waals surface area (Å²) in [5.74, 6) is 0. The summed E-state index contributed by atoms with van der Waals surface area (Å²) < 4.78 is 11.9. The van der Waals surface area contributed by atoms with Gasteiger partial charge in [-0.3, -0.25) is 4.99 Å². The maximum absolute atomic E-state index is 6.23. The predicted octanol–water partition coefficient (Wildman–Crippen LogP) is 4.06. The molecule has 1 N–H and O–H groups in total. The van der Waals surface area contributed by atoms with E-state index in [9.17, 15) is 0 Å². The standard InChI is InChI=1S/C19H25ClN2O2/c20-13-4-6-16-15(11-13)17(3-1-8-21-16)22-14-5-7-18-19(12-14)24-10-2-9-23-18/h4,6,11,14,18-19,21H,1-3,5,7-10,12H2. The number of ether oxygens (including phenoxy) is 2. The third-order valence-electron chi connectivity index (χ3n) is 5.19. The van der Waals surface area contributed by atoms with Crippen molar-refractivity contribution >= 4 is 23.0 Å². The van der Waals surface area contributed by atoms with E-state index in [4.69, 9.17) is 26.1 Å². The Morgan fingerprint density at radius 3 is 2.88 bits per heavy atom. The molecule has 2 aliphatic heterocycles. The van der Waals surface area contributed by atoms with Gasteiger partial charge in [0.05, 0.1) is 18.2 Å². The summed E-state index contributed by atoms with van der Waals surface area (Å²) >= 11 is 6.23. The highest BCUT2D eigenvalue weighted by Crippen LogP contribution is 2.31. The van der Waals surface area contributed by atoms with Crippen LogP contribution in [0.5, 0.6) is 0 Å². The van der Waals surface area contributed by atoms with E-state index in [2.05, 4.69) is 11.4 Å². The fraction of sp³-hybridized carbons (Fsp3) is 0.632. The second kappa shape index (κ2) is 7.42. The number of fused-ring (bicyclic) bond motifs is 2. The molecule has 1 aromatic rings. The fourth-order valence-corrected chi connectivity index (χ4v) is 4.14. The van der Waals surface area contributed by atoms with Crippen molar-refractivity contribution in [1.29, 1.82) is 0 Å². The van der Waals surface area contributed by atoms with E-state index in [0.717, 1.165) is 69.0 Å². The number of benzene rings is 1. The van der Waals surface area contributed by atoms with Gasteiger partial charge >= 0.3 is 0 Å². The van der Waals surface area contributed by atoms with Gasteiger partial charge in [-0.1, -0.05) is 11.6 Å². The highest BCUT2D eigenvalue weighted by atomic mass is 35.5. The molecule has 3 aliphatic rings. The maximum atomic E-state index is 6.23. The van der Waals surface area contributed by atoms with Crippen LogP contribution in [0.1, 0.15) is 44.1 Å². The van der Waals surface area contributed by atoms with Gasteiger partial charge in [0.1, 0.15) is 0 Å². The van der Waals surface area contributed by atoms with Crippen molar-refractivity contribution in [2.75, 3.05) is 25.1 Å². The quantitative estimate of drug-likeness (QED) is 0.832. The first kappa shape index (κ1) is 16.4. The van der Waals surface area contributed by atoms with Crippen molar-refractivity contribution in [3.05, 3.63) is 28.8 Å². The zero-order chi connectivity index (χ0) is 16.4. The highest BCUT2D eigenvalue weighted by Gasteiger charge is 2.33. The molecule has 3 atom stereocenters. The maximum Gasteiger partial charge on any atom is 0.0857 e. The summed E-state index contributed by atoms with van der Waals surface area (Å²) in [7, 11) is 0. The van der Waals surface area contributed by atoms with Crippen LogP contribution in [0.25, 0.3) is 0 Å². The third-order valence-corrected chi connectivity index (χ3v) is 5.43. The van der Waals surface area contributed by atoms with Gasteiger partial charge < -0.3 is 14.8 Å². The van der Waals surface area contributed by atoms with Crippen molar-refractivity contribution in [2.45, 2.75) is 56.8 Å². The lowest BCUT2D eigenvalue weighted by molar-refractivity contribution is -0.0614. The van der Waals surface area contributed by atoms with E-state index in [0.29, 0.717) is 6.04 Å². The lowest BCUT2D eigenvalue weighted by Crippen LogP contribution is -2.38. The molecule has 4 rings (SSSR count). The minimum absolute atomic E-state index is 0.207. The number of halogens is 1. The highest BCUT2D eigenvalue weighted by molar-refractivity contribution is 6.31. The summed E-state index contributed by atoms with van der Waals surface area (Å²) in [5.41, 5.74) is 3.51. The van der Waals surface area contributed by atoms with Gasteiger partial charge in [0, 0.05) is 41.7 Å². The lowest BCUT2D eigenvalue weighted by Gasteiger charge is -2.33. The van der Waals surface area contributed by atoms with E-state index in [1.165, 1.54) is 11.3 Å². The first-order chi connectivity index (χ1) is 11.8. The predicted molar refractivity (Wildman–Crippen MR) is 97.4 cm³/mol. The lowest BCUT2D eigenvalue weighted by atomic mass is 9.90. The van der Waals surface area contributed by atoms with Crippen molar-refractivity contribution in [2.24, 2.45) is 4.99 Å². The van der Waals surface area contributed by atoms with Crippen LogP contribution in [0.4, 0.5) is 5.69 Å². The third kappa shape index (κ3) is 3.61. The molecule has 24 heavy (non-hydrogen) atoms. The summed E-state index contributed by atoms with van der Waals surface area (Å²) in [5, 5.41) is 4.26. The van der Waals surface area contributed by atoms with Crippen LogP contribution in [0.2, 0.25) is 5.02 Å². The van der Waals surface area contributed by atoms with Crippen LogP contribution in [-0.4, -0.2) is 43.7 Å². The SMILES string of the molecule is Clc1ccc2c(c1)C(=NC1CCC3OCCCOC3C1)CCCN2. The Kier molecular flexibility index (Phi) is 5.06. The molecule has 2 fully saturated rings. The van der Waals surface area contributed by atoms with Crippen LogP contribution < -0.4 is 5.32 Å². The number of nitrogens with one attached hydrogen (secondary N) is 1. The molecule has 0 spiro atoms. The molecule has 0 aromatic heterocycles. The largest absolute Gasteiger partial charge is 0.384 e. The number of hydrogen-bond acceptors (Lipinski definition) is 4. The van der Waals surface area contributed by atoms with Crippen molar-refractivity contribution < 1.29 is 9.47 Å². The van der Waals surface area contributed by atoms with Gasteiger partial charge in [-0.05, 0) is 56.7 Å². The van der Waals surface area contributed by atoms with Gasteiger partial charge in [0.25, 0.3) is 0 Å². The van der Waals surface area contributed by atoms with Crippen LogP contribution in [0.3, 0.4) is 0 Å². The normalized spacial score (nSPS) is 32.2. The molecule has 3 unspecified atom stereocenters. The Balaban J connectivity index is 1.56. The molecule has 0 radical (unpaired) electrons. The molecule has 5 heteroatoms. The Bertz CT molecular complexity index is 619. The van der Waals surface area contributed by atoms with E-state index in [1.54, 1.807) is 0 Å². The average molecular weight is 349 g/mol. The molecule has 0 bridgehead atoms. The zero-order valence-corrected chi connectivity index (χ0v) is 14.7. The van der Waals surface area contributed by atoms with Gasteiger partial charge in [-0.2, -0.15) is 0 Å². The van der Waals surface area contributed by atoms with Crippen molar-refractivity contribution in [3.63, 3.8) is 0 Å². The van der Waals surface area contributed by atoms with E-state index in [-0.39, 0.29) is 12.2 Å². The monoisotopic (exact) mass is 348 g/mol. The average Bonchev–Trinajstić information content (AvgIpc) is 2.93. The topological polar surface area (TPSA) is 42.9 Å². The van der Waals surface area contributed by atoms with Crippen molar-refractivity contribution in [3.8, 4) is 0 Å². The number of nitrogens with zero attached hydrogens (tertiary/aromatic N) is 1. The van der Waals surface area contributed by atoms with E-state index < -0.39 is 0 Å². The number of hydrogen-bond donors (Lipinski definition) is 1. The summed E-state index contributed by atoms with van der Waals surface area (Å²) in [6.07, 6.45) is 6.68. The molecule has 130 valence electrons. The molecular weight excluding hydrogens is 324 g/mol. The summed E-state index contributed by atoms with van der Waals surface area (Å²) in [6, 6.07) is 6.38. The first-order valence-electron chi connectivity index (χ1n) is 9.13. The van der Waals surface area contributed by atoms with Crippen LogP contribution in [0, 0.1) is 0 Å². The Labute approximate surface area is 148 Å². The Morgan fingerprint density at radius 1 is 1.08 bits per heavy atom. The Morgan fingerprint density at radius 2 is 1.96 bits per heavy atom. The second-order valence-electron chi connectivity index (χ2n) is 6.93. The van der Waals surface area contributed by atoms with E-state index >= 15 is 0 Å². The van der Waals surface area contributed by atoms with Gasteiger partial charge in [-0.15, -0.1) is 0 Å². The van der Waals surface area contributed by atoms with Gasteiger partial charge in [0.15, 0.2) is 0 Å².